The molecule has 0 atom stereocenters. The molecule has 0 aromatic heterocycles. The Morgan fingerprint density at radius 3 is 2.32 bits per heavy atom. The van der Waals surface area contributed by atoms with Crippen molar-refractivity contribution in [2.24, 2.45) is 0 Å². The minimum absolute atomic E-state index is 0.0838. The number of alkyl halides is 3. The van der Waals surface area contributed by atoms with E-state index in [0.29, 0.717) is 17.7 Å². The Hall–Kier alpha value is -2.83. The maximum absolute atomic E-state index is 12.6. The zero-order valence-corrected chi connectivity index (χ0v) is 11.0. The minimum Gasteiger partial charge on any atom is -0.296 e. The van der Waals surface area contributed by atoms with Crippen LogP contribution in [0, 0.1) is 0 Å². The quantitative estimate of drug-likeness (QED) is 0.740. The van der Waals surface area contributed by atoms with Gasteiger partial charge in [-0.1, -0.05) is 6.07 Å². The van der Waals surface area contributed by atoms with Crippen molar-refractivity contribution in [2.45, 2.75) is 6.18 Å². The molecule has 2 aliphatic rings. The standard InChI is InChI=1S/C15H9F3N2O2/c16-15(17,18)9-4-6-10(7-5-9)20-12-2-1-3-13(22)14(12)11(8-21)19-20/h1-8,19H. The van der Waals surface area contributed by atoms with Gasteiger partial charge in [0.15, 0.2) is 11.7 Å². The van der Waals surface area contributed by atoms with Crippen molar-refractivity contribution in [2.75, 3.05) is 0 Å². The van der Waals surface area contributed by atoms with Crippen LogP contribution >= 0.6 is 0 Å². The second kappa shape index (κ2) is 4.87. The molecule has 112 valence electrons. The van der Waals surface area contributed by atoms with Gasteiger partial charge in [-0.2, -0.15) is 13.2 Å². The lowest BCUT2D eigenvalue weighted by molar-refractivity contribution is -0.137. The molecule has 1 aliphatic heterocycles. The highest BCUT2D eigenvalue weighted by Gasteiger charge is 2.30. The number of aromatic nitrogens is 2. The van der Waals surface area contributed by atoms with Crippen LogP contribution in [-0.2, 0) is 6.18 Å². The third kappa shape index (κ3) is 2.20. The van der Waals surface area contributed by atoms with E-state index in [2.05, 4.69) is 5.10 Å². The molecule has 1 heterocycles. The Kier molecular flexibility index (Phi) is 3.13. The summed E-state index contributed by atoms with van der Waals surface area (Å²) in [6.07, 6.45) is -3.92. The molecule has 0 unspecified atom stereocenters. The number of halogens is 3. The summed E-state index contributed by atoms with van der Waals surface area (Å²) in [5.41, 5.74) is -0.00157. The number of H-pyrrole nitrogens is 1. The lowest BCUT2D eigenvalue weighted by Gasteiger charge is -2.10. The van der Waals surface area contributed by atoms with Crippen molar-refractivity contribution in [3.63, 3.8) is 0 Å². The normalized spacial score (nSPS) is 11.8. The monoisotopic (exact) mass is 306 g/mol. The number of nitrogens with one attached hydrogen (secondary N) is 1. The Bertz CT molecular complexity index is 860. The molecule has 0 fully saturated rings. The van der Waals surface area contributed by atoms with Crippen LogP contribution in [0.5, 0.6) is 0 Å². The van der Waals surface area contributed by atoms with Crippen LogP contribution in [0.3, 0.4) is 0 Å². The first kappa shape index (κ1) is 14.1. The van der Waals surface area contributed by atoms with Crippen molar-refractivity contribution >= 4 is 6.29 Å². The number of fused-ring (bicyclic) bond motifs is 1. The summed E-state index contributed by atoms with van der Waals surface area (Å²) in [5.74, 6) is 0. The highest BCUT2D eigenvalue weighted by Crippen LogP contribution is 2.30. The molecular weight excluding hydrogens is 297 g/mol. The van der Waals surface area contributed by atoms with Gasteiger partial charge in [-0.3, -0.25) is 19.4 Å². The van der Waals surface area contributed by atoms with Gasteiger partial charge in [0.25, 0.3) is 0 Å². The van der Waals surface area contributed by atoms with Gasteiger partial charge in [-0.25, -0.2) is 0 Å². The summed E-state index contributed by atoms with van der Waals surface area (Å²) in [6.45, 7) is 0. The van der Waals surface area contributed by atoms with Gasteiger partial charge in [-0.05, 0) is 36.4 Å². The number of carbonyl (C=O) groups excluding carboxylic acids is 1. The molecule has 1 aliphatic carbocycles. The Morgan fingerprint density at radius 2 is 1.73 bits per heavy atom. The average molecular weight is 306 g/mol. The van der Waals surface area contributed by atoms with Crippen LogP contribution in [-0.4, -0.2) is 16.1 Å². The fraction of sp³-hybridized carbons (Fsp3) is 0.0667. The third-order valence-corrected chi connectivity index (χ3v) is 3.32. The number of nitrogens with zero attached hydrogens (tertiary/aromatic N) is 1. The second-order valence-electron chi connectivity index (χ2n) is 4.67. The predicted molar refractivity (Wildman–Crippen MR) is 73.4 cm³/mol. The van der Waals surface area contributed by atoms with E-state index < -0.39 is 11.7 Å². The minimum atomic E-state index is -4.42. The van der Waals surface area contributed by atoms with Gasteiger partial charge in [0, 0.05) is 0 Å². The van der Waals surface area contributed by atoms with Crippen molar-refractivity contribution in [3.8, 4) is 16.9 Å². The van der Waals surface area contributed by atoms with Gasteiger partial charge < -0.3 is 0 Å². The molecule has 3 rings (SSSR count). The van der Waals surface area contributed by atoms with E-state index in [4.69, 9.17) is 0 Å². The molecule has 0 radical (unpaired) electrons. The number of carbonyl (C=O) groups is 1. The second-order valence-corrected chi connectivity index (χ2v) is 4.67. The molecule has 1 aromatic rings. The van der Waals surface area contributed by atoms with Crippen molar-refractivity contribution in [1.29, 1.82) is 0 Å². The average Bonchev–Trinajstić information content (AvgIpc) is 2.87. The van der Waals surface area contributed by atoms with Crippen LogP contribution < -0.4 is 5.43 Å². The van der Waals surface area contributed by atoms with Crippen LogP contribution in [0.25, 0.3) is 16.9 Å². The third-order valence-electron chi connectivity index (χ3n) is 3.32. The molecule has 4 nitrogen and oxygen atoms in total. The largest absolute Gasteiger partial charge is 0.416 e. The van der Waals surface area contributed by atoms with Gasteiger partial charge in [0.1, 0.15) is 5.69 Å². The van der Waals surface area contributed by atoms with Gasteiger partial charge in [0.2, 0.25) is 0 Å². The SMILES string of the molecule is O=Cc1[nH]n(-c2ccc(C(F)(F)F)cc2)c2cccc(=O)c1-2. The maximum Gasteiger partial charge on any atom is 0.416 e. The summed E-state index contributed by atoms with van der Waals surface area (Å²) < 4.78 is 39.2. The fourth-order valence-electron chi connectivity index (χ4n) is 2.30. The first-order chi connectivity index (χ1) is 10.4. The summed E-state index contributed by atoms with van der Waals surface area (Å²) in [7, 11) is 0. The van der Waals surface area contributed by atoms with Gasteiger partial charge in [0.05, 0.1) is 22.5 Å². The number of rotatable bonds is 2. The predicted octanol–water partition coefficient (Wildman–Crippen LogP) is 3.10. The van der Waals surface area contributed by atoms with E-state index in [1.807, 2.05) is 0 Å². The van der Waals surface area contributed by atoms with Crippen molar-refractivity contribution < 1.29 is 18.0 Å². The van der Waals surface area contributed by atoms with E-state index in [1.165, 1.54) is 28.9 Å². The highest BCUT2D eigenvalue weighted by molar-refractivity contribution is 5.85. The summed E-state index contributed by atoms with van der Waals surface area (Å²) in [6, 6.07) is 8.87. The lowest BCUT2D eigenvalue weighted by atomic mass is 10.1. The van der Waals surface area contributed by atoms with Crippen LogP contribution in [0.1, 0.15) is 16.1 Å². The van der Waals surface area contributed by atoms with E-state index >= 15 is 0 Å². The summed E-state index contributed by atoms with van der Waals surface area (Å²) in [5, 5.41) is 2.72. The van der Waals surface area contributed by atoms with E-state index in [1.54, 1.807) is 6.07 Å². The molecule has 0 saturated heterocycles. The fourth-order valence-corrected chi connectivity index (χ4v) is 2.30. The number of benzene rings is 2. The first-order valence-electron chi connectivity index (χ1n) is 6.28. The number of aromatic amines is 1. The lowest BCUT2D eigenvalue weighted by Crippen LogP contribution is -2.07. The van der Waals surface area contributed by atoms with E-state index in [9.17, 15) is 22.8 Å². The zero-order chi connectivity index (χ0) is 15.9. The molecular formula is C15H9F3N2O2. The zero-order valence-electron chi connectivity index (χ0n) is 11.0. The van der Waals surface area contributed by atoms with Crippen LogP contribution in [0.15, 0.2) is 47.3 Å². The molecule has 7 heteroatoms. The summed E-state index contributed by atoms with van der Waals surface area (Å²) >= 11 is 0. The number of aldehydes is 1. The van der Waals surface area contributed by atoms with Crippen molar-refractivity contribution in [1.82, 2.24) is 9.78 Å². The van der Waals surface area contributed by atoms with Crippen LogP contribution in [0.4, 0.5) is 13.2 Å². The van der Waals surface area contributed by atoms with Crippen molar-refractivity contribution in [3.05, 3.63) is 63.9 Å². The Labute approximate surface area is 122 Å². The van der Waals surface area contributed by atoms with Crippen LogP contribution in [0.2, 0.25) is 0 Å². The molecule has 1 aromatic carbocycles. The van der Waals surface area contributed by atoms with Gasteiger partial charge >= 0.3 is 6.18 Å². The molecule has 0 bridgehead atoms. The van der Waals surface area contributed by atoms with Gasteiger partial charge in [-0.15, -0.1) is 0 Å². The molecule has 0 saturated carbocycles. The smallest absolute Gasteiger partial charge is 0.296 e. The molecule has 0 spiro atoms. The van der Waals surface area contributed by atoms with E-state index in [0.717, 1.165) is 12.1 Å². The Morgan fingerprint density at radius 1 is 1.05 bits per heavy atom. The molecule has 22 heavy (non-hydrogen) atoms. The Balaban J connectivity index is 2.16. The summed E-state index contributed by atoms with van der Waals surface area (Å²) in [4.78, 5) is 22.9. The maximum atomic E-state index is 12.6. The number of hydrogen-bond donors (Lipinski definition) is 1. The molecule has 0 amide bonds. The highest BCUT2D eigenvalue weighted by atomic mass is 19.4. The first-order valence-corrected chi connectivity index (χ1v) is 6.28. The number of hydrogen-bond acceptors (Lipinski definition) is 2. The van der Waals surface area contributed by atoms with E-state index in [-0.39, 0.29) is 16.7 Å². The molecule has 1 N–H and O–H groups in total. The topological polar surface area (TPSA) is 54.9 Å².